The summed E-state index contributed by atoms with van der Waals surface area (Å²) in [7, 11) is 0. The van der Waals surface area contributed by atoms with Crippen LogP contribution in [0.4, 0.5) is 0 Å². The van der Waals surface area contributed by atoms with E-state index in [-0.39, 0.29) is 0 Å². The Morgan fingerprint density at radius 3 is 2.75 bits per heavy atom. The van der Waals surface area contributed by atoms with Crippen LogP contribution in [0.15, 0.2) is 0 Å². The van der Waals surface area contributed by atoms with Gasteiger partial charge in [0.1, 0.15) is 0 Å². The molecule has 0 aromatic rings. The van der Waals surface area contributed by atoms with Crippen molar-refractivity contribution in [2.45, 2.75) is 13.8 Å². The normalized spacial score (nSPS) is 16.6. The lowest BCUT2D eigenvalue weighted by molar-refractivity contribution is 0.901. The molecule has 1 aliphatic heterocycles. The van der Waals surface area contributed by atoms with Gasteiger partial charge in [0.05, 0.1) is 0 Å². The van der Waals surface area contributed by atoms with Gasteiger partial charge < -0.3 is 0 Å². The molecule has 1 rings (SSSR count). The van der Waals surface area contributed by atoms with E-state index in [0.717, 1.165) is 0 Å². The van der Waals surface area contributed by atoms with Crippen molar-refractivity contribution in [3.8, 4) is 0 Å². The molecule has 0 bridgehead atoms. The number of rotatable bonds is 1. The molecule has 0 unspecified atom stereocenters. The molecule has 0 saturated carbocycles. The topological polar surface area (TPSA) is 26.1 Å². The molecule has 2 nitrogen and oxygen atoms in total. The molecule has 0 amide bonds. The van der Waals surface area contributed by atoms with Crippen molar-refractivity contribution in [2.75, 3.05) is 0 Å². The highest BCUT2D eigenvalue weighted by atomic mass is 32.2. The smallest absolute Gasteiger partial charge is 0.204 e. The van der Waals surface area contributed by atoms with E-state index in [2.05, 4.69) is 23.2 Å². The highest BCUT2D eigenvalue weighted by Crippen LogP contribution is 2.06. The first kappa shape index (κ1) is 5.73. The van der Waals surface area contributed by atoms with Crippen LogP contribution in [0.1, 0.15) is 13.8 Å². The fourth-order valence-corrected chi connectivity index (χ4v) is 1.04. The van der Waals surface area contributed by atoms with Crippen molar-refractivity contribution in [2.24, 2.45) is 5.92 Å². The summed E-state index contributed by atoms with van der Waals surface area (Å²) in [6.45, 7) is 4.26. The average Bonchev–Trinajstić information content (AvgIpc) is 2.12. The van der Waals surface area contributed by atoms with Gasteiger partial charge in [-0.15, -0.1) is 0 Å². The number of hydrogen-bond donors (Lipinski definition) is 1. The van der Waals surface area contributed by atoms with Crippen LogP contribution in [-0.4, -0.2) is 11.4 Å². The number of hydrogen-bond acceptors (Lipinski definition) is 2. The van der Waals surface area contributed by atoms with Gasteiger partial charge in [-0.25, -0.2) is 4.67 Å². The highest BCUT2D eigenvalue weighted by molar-refractivity contribution is 8.12. The van der Waals surface area contributed by atoms with Crippen molar-refractivity contribution in [3.63, 3.8) is 0 Å². The predicted octanol–water partition coefficient (Wildman–Crippen LogP) is 0.388. The molecule has 0 spiro atoms. The second-order valence-corrected chi connectivity index (χ2v) is 2.83. The van der Waals surface area contributed by atoms with Gasteiger partial charge in [0.15, 0.2) is 11.9 Å². The minimum Gasteiger partial charge on any atom is -0.204 e. The van der Waals surface area contributed by atoms with E-state index < -0.39 is 0 Å². The third-order valence-corrected chi connectivity index (χ3v) is 1.91. The molecule has 1 aliphatic rings. The van der Waals surface area contributed by atoms with Crippen molar-refractivity contribution in [3.05, 3.63) is 0 Å². The van der Waals surface area contributed by atoms with E-state index in [0.29, 0.717) is 5.92 Å². The highest BCUT2D eigenvalue weighted by Gasteiger charge is 2.16. The van der Waals surface area contributed by atoms with E-state index >= 15 is 0 Å². The van der Waals surface area contributed by atoms with Gasteiger partial charge >= 0.3 is 6.34 Å². The Hall–Kier alpha value is -0.400. The Morgan fingerprint density at radius 1 is 1.75 bits per heavy atom. The lowest BCUT2D eigenvalue weighted by Crippen LogP contribution is -2.03. The first-order valence-corrected chi connectivity index (χ1v) is 3.44. The molecular formula is C5H9N2S+. The summed E-state index contributed by atoms with van der Waals surface area (Å²) < 4.78 is 7.02. The van der Waals surface area contributed by atoms with Crippen LogP contribution in [0.5, 0.6) is 0 Å². The summed E-state index contributed by atoms with van der Waals surface area (Å²) >= 11 is 1.59. The fraction of sp³-hybridized carbons (Fsp3) is 0.600. The van der Waals surface area contributed by atoms with Crippen LogP contribution in [-0.2, 0) is 0 Å². The number of nitrogens with zero attached hydrogens (tertiary/aromatic N) is 1. The van der Waals surface area contributed by atoms with Crippen LogP contribution in [0, 0.1) is 5.92 Å². The molecule has 0 saturated heterocycles. The maximum absolute atomic E-state index is 4.08. The van der Waals surface area contributed by atoms with Gasteiger partial charge in [0, 0.05) is 5.92 Å². The molecule has 44 valence electrons. The van der Waals surface area contributed by atoms with Gasteiger partial charge in [-0.3, -0.25) is 0 Å². The Labute approximate surface area is 53.2 Å². The summed E-state index contributed by atoms with van der Waals surface area (Å²) in [4.78, 5) is 0. The maximum Gasteiger partial charge on any atom is 0.343 e. The largest absolute Gasteiger partial charge is 0.343 e. The summed E-state index contributed by atoms with van der Waals surface area (Å²) in [5, 5.41) is 1.17. The lowest BCUT2D eigenvalue weighted by Gasteiger charge is -1.89. The molecule has 3 heteroatoms. The molecular weight excluding hydrogens is 120 g/mol. The van der Waals surface area contributed by atoms with E-state index in [4.69, 9.17) is 0 Å². The average molecular weight is 129 g/mol. The Balaban J connectivity index is 2.60. The standard InChI is InChI=1S/C5H8N2S/c1-4(2)5-6-3-7-8-5/h3-4H,1-2H3/p+1. The monoisotopic (exact) mass is 129 g/mol. The zero-order chi connectivity index (χ0) is 5.98. The SMILES string of the molecule is CC(C)C1=[N+]=CNS1. The molecule has 0 aromatic heterocycles. The summed E-state index contributed by atoms with van der Waals surface area (Å²) in [5.74, 6) is 0.561. The van der Waals surface area contributed by atoms with Crippen LogP contribution in [0.3, 0.4) is 0 Å². The Kier molecular flexibility index (Phi) is 1.61. The molecule has 0 radical (unpaired) electrons. The van der Waals surface area contributed by atoms with Crippen LogP contribution < -0.4 is 9.39 Å². The summed E-state index contributed by atoms with van der Waals surface area (Å²) in [6.07, 6.45) is 1.72. The Morgan fingerprint density at radius 2 is 2.50 bits per heavy atom. The third kappa shape index (κ3) is 1.05. The molecule has 0 atom stereocenters. The van der Waals surface area contributed by atoms with Gasteiger partial charge in [0.25, 0.3) is 5.04 Å². The molecule has 0 aliphatic carbocycles. The van der Waals surface area contributed by atoms with E-state index in [1.165, 1.54) is 5.04 Å². The van der Waals surface area contributed by atoms with E-state index in [1.807, 2.05) is 0 Å². The predicted molar refractivity (Wildman–Crippen MR) is 38.8 cm³/mol. The lowest BCUT2D eigenvalue weighted by atomic mass is 10.2. The zero-order valence-electron chi connectivity index (χ0n) is 5.01. The minimum atomic E-state index is 0.561. The fourth-order valence-electron chi connectivity index (χ4n) is 0.470. The second-order valence-electron chi connectivity index (χ2n) is 1.97. The quantitative estimate of drug-likeness (QED) is 0.409. The molecule has 8 heavy (non-hydrogen) atoms. The molecule has 0 fully saturated rings. The zero-order valence-corrected chi connectivity index (χ0v) is 5.83. The third-order valence-electron chi connectivity index (χ3n) is 0.902. The van der Waals surface area contributed by atoms with Crippen molar-refractivity contribution in [1.29, 1.82) is 0 Å². The molecule has 0 aromatic carbocycles. The van der Waals surface area contributed by atoms with Gasteiger partial charge in [-0.1, -0.05) is 13.8 Å². The maximum atomic E-state index is 4.08. The van der Waals surface area contributed by atoms with Gasteiger partial charge in [-0.05, 0) is 0 Å². The van der Waals surface area contributed by atoms with Crippen molar-refractivity contribution in [1.82, 2.24) is 9.39 Å². The van der Waals surface area contributed by atoms with Crippen molar-refractivity contribution < 1.29 is 0 Å². The number of nitrogens with one attached hydrogen (secondary N) is 1. The van der Waals surface area contributed by atoms with Crippen molar-refractivity contribution >= 4 is 23.3 Å². The van der Waals surface area contributed by atoms with Gasteiger partial charge in [0.2, 0.25) is 0 Å². The van der Waals surface area contributed by atoms with Crippen LogP contribution in [0.25, 0.3) is 0 Å². The summed E-state index contributed by atoms with van der Waals surface area (Å²) in [6, 6.07) is 0. The van der Waals surface area contributed by atoms with E-state index in [9.17, 15) is 0 Å². The summed E-state index contributed by atoms with van der Waals surface area (Å²) in [5.41, 5.74) is 0. The minimum absolute atomic E-state index is 0.561. The first-order valence-electron chi connectivity index (χ1n) is 2.62. The van der Waals surface area contributed by atoms with Gasteiger partial charge in [-0.2, -0.15) is 4.72 Å². The molecule has 1 heterocycles. The van der Waals surface area contributed by atoms with Crippen LogP contribution in [0.2, 0.25) is 0 Å². The first-order chi connectivity index (χ1) is 3.80. The van der Waals surface area contributed by atoms with Crippen LogP contribution >= 0.6 is 11.9 Å². The second kappa shape index (κ2) is 2.25. The Bertz CT molecular complexity index is 145. The molecule has 1 N–H and O–H groups in total. The van der Waals surface area contributed by atoms with E-state index in [1.54, 1.807) is 18.3 Å².